The number of carboxylic acid groups (broad SMARTS) is 1. The molecule has 200 valence electrons. The number of carbonyl (C=O) groups is 2. The molecule has 3 N–H and O–H groups in total. The van der Waals surface area contributed by atoms with Crippen molar-refractivity contribution in [3.8, 4) is 0 Å². The van der Waals surface area contributed by atoms with Gasteiger partial charge in [0.2, 0.25) is 5.91 Å². The highest BCUT2D eigenvalue weighted by Gasteiger charge is 2.43. The van der Waals surface area contributed by atoms with E-state index in [0.29, 0.717) is 38.2 Å². The second kappa shape index (κ2) is 13.0. The number of hydrogen-bond acceptors (Lipinski definition) is 6. The Kier molecular flexibility index (Phi) is 9.46. The quantitative estimate of drug-likeness (QED) is 0.372. The van der Waals surface area contributed by atoms with Crippen molar-refractivity contribution in [2.75, 3.05) is 38.3 Å². The normalized spacial score (nSPS) is 17.3. The maximum Gasteiger partial charge on any atom is 0.326 e. The van der Waals surface area contributed by atoms with Crippen LogP contribution in [-0.2, 0) is 37.3 Å². The zero-order valence-electron chi connectivity index (χ0n) is 21.1. The number of fused-ring (bicyclic) bond motifs is 1. The van der Waals surface area contributed by atoms with Gasteiger partial charge in [-0.2, -0.15) is 0 Å². The Hall–Kier alpha value is -3.04. The fraction of sp³-hybridized carbons (Fsp3) is 0.536. The third-order valence-electron chi connectivity index (χ3n) is 7.24. The second-order valence-corrected chi connectivity index (χ2v) is 9.77. The third-order valence-corrected chi connectivity index (χ3v) is 7.24. The summed E-state index contributed by atoms with van der Waals surface area (Å²) in [5, 5.41) is 15.7. The number of pyridine rings is 1. The van der Waals surface area contributed by atoms with Crippen molar-refractivity contribution in [3.05, 3.63) is 59.0 Å². The van der Waals surface area contributed by atoms with Crippen LogP contribution in [0.2, 0.25) is 0 Å². The van der Waals surface area contributed by atoms with Crippen LogP contribution in [-0.4, -0.2) is 61.0 Å². The molecule has 1 saturated heterocycles. The highest BCUT2D eigenvalue weighted by Crippen LogP contribution is 2.35. The maximum atomic E-state index is 13.9. The summed E-state index contributed by atoms with van der Waals surface area (Å²) in [4.78, 5) is 29.9. The van der Waals surface area contributed by atoms with E-state index in [1.54, 1.807) is 12.1 Å². The van der Waals surface area contributed by atoms with Crippen molar-refractivity contribution in [2.45, 2.75) is 62.8 Å². The van der Waals surface area contributed by atoms with E-state index >= 15 is 0 Å². The third kappa shape index (κ3) is 7.05. The minimum absolute atomic E-state index is 0.148. The van der Waals surface area contributed by atoms with E-state index in [9.17, 15) is 19.1 Å². The predicted molar refractivity (Wildman–Crippen MR) is 137 cm³/mol. The highest BCUT2D eigenvalue weighted by molar-refractivity contribution is 5.91. The van der Waals surface area contributed by atoms with Crippen LogP contribution in [0.4, 0.5) is 10.2 Å². The average Bonchev–Trinajstić information content (AvgIpc) is 2.92. The van der Waals surface area contributed by atoms with Crippen LogP contribution in [0.25, 0.3) is 0 Å². The Labute approximate surface area is 217 Å². The van der Waals surface area contributed by atoms with Gasteiger partial charge in [0.05, 0.1) is 5.41 Å². The first-order valence-electron chi connectivity index (χ1n) is 13.2. The van der Waals surface area contributed by atoms with E-state index < -0.39 is 29.2 Å². The molecule has 0 saturated carbocycles. The van der Waals surface area contributed by atoms with Gasteiger partial charge in [0.25, 0.3) is 0 Å². The number of aryl methyl sites for hydroxylation is 2. The summed E-state index contributed by atoms with van der Waals surface area (Å²) in [7, 11) is 0. The molecule has 0 bridgehead atoms. The van der Waals surface area contributed by atoms with E-state index in [0.717, 1.165) is 50.2 Å². The standard InChI is InChI=1S/C28H36FN3O5/c29-22-7-3-6-21(19-22)28(12-17-37-18-13-28)27(35)32-24(26(33)34)11-16-36-15-2-1-8-23-10-9-20-5-4-14-30-25(20)31-23/h3,6-7,9-10,19,24H,1-2,4-5,8,11-18H2,(H,30,31)(H,32,35)(H,33,34). The number of anilines is 1. The number of unbranched alkanes of at least 4 members (excludes halogenated alkanes) is 1. The van der Waals surface area contributed by atoms with Crippen molar-refractivity contribution >= 4 is 17.7 Å². The lowest BCUT2D eigenvalue weighted by Crippen LogP contribution is -2.53. The second-order valence-electron chi connectivity index (χ2n) is 9.77. The van der Waals surface area contributed by atoms with Crippen LogP contribution in [0.15, 0.2) is 36.4 Å². The summed E-state index contributed by atoms with van der Waals surface area (Å²) in [6.07, 6.45) is 5.69. The molecule has 9 heteroatoms. The molecule has 1 atom stereocenters. The number of carbonyl (C=O) groups excluding carboxylic acids is 1. The first-order valence-corrected chi connectivity index (χ1v) is 13.2. The number of ether oxygens (including phenoxy) is 2. The number of aliphatic carboxylic acids is 1. The molecule has 2 aliphatic heterocycles. The van der Waals surface area contributed by atoms with Gasteiger partial charge in [-0.25, -0.2) is 14.2 Å². The van der Waals surface area contributed by atoms with Crippen molar-refractivity contribution in [3.63, 3.8) is 0 Å². The number of hydrogen-bond donors (Lipinski definition) is 3. The molecule has 1 unspecified atom stereocenters. The molecule has 2 aromatic rings. The molecule has 0 spiro atoms. The lowest BCUT2D eigenvalue weighted by Gasteiger charge is -2.37. The minimum atomic E-state index is -1.12. The number of nitrogens with zero attached hydrogens (tertiary/aromatic N) is 1. The lowest BCUT2D eigenvalue weighted by molar-refractivity contribution is -0.144. The Balaban J connectivity index is 1.22. The van der Waals surface area contributed by atoms with Crippen LogP contribution in [0.1, 0.15) is 55.3 Å². The summed E-state index contributed by atoms with van der Waals surface area (Å²) >= 11 is 0. The van der Waals surface area contributed by atoms with Gasteiger partial charge in [0, 0.05) is 45.1 Å². The topological polar surface area (TPSA) is 110 Å². The van der Waals surface area contributed by atoms with E-state index in [4.69, 9.17) is 14.5 Å². The van der Waals surface area contributed by atoms with Gasteiger partial charge >= 0.3 is 5.97 Å². The van der Waals surface area contributed by atoms with Crippen molar-refractivity contribution < 1.29 is 28.6 Å². The van der Waals surface area contributed by atoms with Crippen LogP contribution >= 0.6 is 0 Å². The van der Waals surface area contributed by atoms with E-state index in [1.807, 2.05) is 0 Å². The van der Waals surface area contributed by atoms with Crippen molar-refractivity contribution in [2.24, 2.45) is 0 Å². The summed E-state index contributed by atoms with van der Waals surface area (Å²) < 4.78 is 25.0. The van der Waals surface area contributed by atoms with Gasteiger partial charge < -0.3 is 25.2 Å². The monoisotopic (exact) mass is 513 g/mol. The molecule has 4 rings (SSSR count). The van der Waals surface area contributed by atoms with E-state index in [1.165, 1.54) is 17.7 Å². The molecule has 1 aromatic carbocycles. The Morgan fingerprint density at radius 2 is 2.03 bits per heavy atom. The number of nitrogens with one attached hydrogen (secondary N) is 2. The molecule has 0 radical (unpaired) electrons. The zero-order valence-corrected chi connectivity index (χ0v) is 21.1. The molecule has 2 aliphatic rings. The molecular formula is C28H36FN3O5. The largest absolute Gasteiger partial charge is 0.480 e. The SMILES string of the molecule is O=C(O)C(CCOCCCCc1ccc2c(n1)NCCC2)NC(=O)C1(c2cccc(F)c2)CCOCC1. The van der Waals surface area contributed by atoms with Crippen LogP contribution in [0.5, 0.6) is 0 Å². The number of aromatic nitrogens is 1. The maximum absolute atomic E-state index is 13.9. The number of benzene rings is 1. The molecule has 1 aromatic heterocycles. The number of rotatable bonds is 12. The van der Waals surface area contributed by atoms with E-state index in [-0.39, 0.29) is 13.0 Å². The molecule has 37 heavy (non-hydrogen) atoms. The Bertz CT molecular complexity index is 1070. The lowest BCUT2D eigenvalue weighted by atomic mass is 9.73. The van der Waals surface area contributed by atoms with Gasteiger partial charge in [-0.05, 0) is 74.3 Å². The van der Waals surface area contributed by atoms with Crippen molar-refractivity contribution in [1.82, 2.24) is 10.3 Å². The first kappa shape index (κ1) is 27.0. The molecule has 1 amide bonds. The summed E-state index contributed by atoms with van der Waals surface area (Å²) in [5.41, 5.74) is 1.85. The summed E-state index contributed by atoms with van der Waals surface area (Å²) in [5.74, 6) is -0.966. The van der Waals surface area contributed by atoms with Crippen LogP contribution < -0.4 is 10.6 Å². The van der Waals surface area contributed by atoms with Gasteiger partial charge in [-0.1, -0.05) is 18.2 Å². The fourth-order valence-corrected chi connectivity index (χ4v) is 5.03. The highest BCUT2D eigenvalue weighted by atomic mass is 19.1. The number of amides is 1. The van der Waals surface area contributed by atoms with Crippen LogP contribution in [0, 0.1) is 5.82 Å². The fourth-order valence-electron chi connectivity index (χ4n) is 5.03. The Morgan fingerprint density at radius 3 is 2.81 bits per heavy atom. The number of carboxylic acids is 1. The van der Waals surface area contributed by atoms with E-state index in [2.05, 4.69) is 22.8 Å². The first-order chi connectivity index (χ1) is 18.0. The molecule has 8 nitrogen and oxygen atoms in total. The predicted octanol–water partition coefficient (Wildman–Crippen LogP) is 3.63. The van der Waals surface area contributed by atoms with Gasteiger partial charge in [-0.3, -0.25) is 4.79 Å². The minimum Gasteiger partial charge on any atom is -0.480 e. The zero-order chi connectivity index (χ0) is 26.1. The average molecular weight is 514 g/mol. The van der Waals surface area contributed by atoms with Gasteiger partial charge in [0.1, 0.15) is 17.7 Å². The smallest absolute Gasteiger partial charge is 0.326 e. The molecule has 1 fully saturated rings. The number of halogens is 1. The Morgan fingerprint density at radius 1 is 1.19 bits per heavy atom. The van der Waals surface area contributed by atoms with Crippen molar-refractivity contribution in [1.29, 1.82) is 0 Å². The molecule has 3 heterocycles. The summed E-state index contributed by atoms with van der Waals surface area (Å²) in [6, 6.07) is 9.10. The summed E-state index contributed by atoms with van der Waals surface area (Å²) in [6.45, 7) is 2.39. The van der Waals surface area contributed by atoms with Crippen LogP contribution in [0.3, 0.4) is 0 Å². The molecular weight excluding hydrogens is 477 g/mol. The van der Waals surface area contributed by atoms with Gasteiger partial charge in [-0.15, -0.1) is 0 Å². The van der Waals surface area contributed by atoms with Gasteiger partial charge in [0.15, 0.2) is 0 Å². The molecule has 0 aliphatic carbocycles.